The summed E-state index contributed by atoms with van der Waals surface area (Å²) in [6, 6.07) is 0. The van der Waals surface area contributed by atoms with Crippen LogP contribution in [0.5, 0.6) is 0 Å². The van der Waals surface area contributed by atoms with Gasteiger partial charge in [0.15, 0.2) is 5.78 Å². The lowest BCUT2D eigenvalue weighted by Gasteiger charge is -2.59. The number of methoxy groups -OCH3 is 1. The highest BCUT2D eigenvalue weighted by molar-refractivity contribution is 6.07. The fraction of sp³-hybridized carbons (Fsp3) is 0.727. The number of ether oxygens (including phenoxy) is 1. The van der Waals surface area contributed by atoms with Crippen molar-refractivity contribution in [2.24, 2.45) is 34.5 Å². The Hall–Kier alpha value is -1.42. The molecule has 4 aliphatic carbocycles. The molecule has 142 valence electrons. The molecule has 7 atom stereocenters. The molecule has 3 fully saturated rings. The minimum atomic E-state index is -1.11. The van der Waals surface area contributed by atoms with Crippen LogP contribution < -0.4 is 0 Å². The topological polar surface area (TPSA) is 63.6 Å². The Balaban J connectivity index is 1.79. The van der Waals surface area contributed by atoms with Crippen LogP contribution in [-0.2, 0) is 14.3 Å². The second kappa shape index (κ2) is 5.79. The third-order valence-electron chi connectivity index (χ3n) is 8.41. The number of hydrogen-bond acceptors (Lipinski definition) is 4. The predicted octanol–water partition coefficient (Wildman–Crippen LogP) is 3.44. The number of hydrogen-bond donors (Lipinski definition) is 1. The molecular weight excluding hydrogens is 328 g/mol. The van der Waals surface area contributed by atoms with Crippen molar-refractivity contribution in [3.63, 3.8) is 0 Å². The van der Waals surface area contributed by atoms with Crippen LogP contribution in [0.4, 0.5) is 0 Å². The van der Waals surface area contributed by atoms with E-state index in [4.69, 9.17) is 4.74 Å². The van der Waals surface area contributed by atoms with Crippen molar-refractivity contribution in [2.45, 2.75) is 58.5 Å². The molecule has 0 aromatic carbocycles. The summed E-state index contributed by atoms with van der Waals surface area (Å²) >= 11 is 0. The molecule has 0 amide bonds. The first-order chi connectivity index (χ1) is 12.2. The second-order valence-corrected chi connectivity index (χ2v) is 9.46. The van der Waals surface area contributed by atoms with Gasteiger partial charge in [-0.1, -0.05) is 32.4 Å². The zero-order chi connectivity index (χ0) is 18.9. The second-order valence-electron chi connectivity index (χ2n) is 9.46. The van der Waals surface area contributed by atoms with Crippen LogP contribution in [0, 0.1) is 34.5 Å². The number of fused-ring (bicyclic) bond motifs is 5. The van der Waals surface area contributed by atoms with Crippen LogP contribution in [0.25, 0.3) is 0 Å². The lowest BCUT2D eigenvalue weighted by Crippen LogP contribution is -2.59. The van der Waals surface area contributed by atoms with E-state index in [1.165, 1.54) is 26.4 Å². The number of rotatable bonds is 1. The summed E-state index contributed by atoms with van der Waals surface area (Å²) in [5, 5.41) is 11.3. The molecular formula is C22H30O4. The van der Waals surface area contributed by atoms with Crippen molar-refractivity contribution in [3.8, 4) is 0 Å². The molecule has 0 aliphatic heterocycles. The lowest BCUT2D eigenvalue weighted by molar-refractivity contribution is -0.162. The molecule has 1 N–H and O–H groups in total. The van der Waals surface area contributed by atoms with Crippen LogP contribution in [0.1, 0.15) is 52.4 Å². The first-order valence-corrected chi connectivity index (χ1v) is 9.94. The van der Waals surface area contributed by atoms with Crippen molar-refractivity contribution in [1.82, 2.24) is 0 Å². The molecule has 4 nitrogen and oxygen atoms in total. The van der Waals surface area contributed by atoms with Crippen LogP contribution in [0.3, 0.4) is 0 Å². The van der Waals surface area contributed by atoms with Gasteiger partial charge in [0, 0.05) is 5.41 Å². The normalized spacial score (nSPS) is 47.5. The molecule has 0 heterocycles. The third-order valence-corrected chi connectivity index (χ3v) is 8.41. The van der Waals surface area contributed by atoms with Crippen LogP contribution >= 0.6 is 0 Å². The number of carbonyl (C=O) groups is 2. The van der Waals surface area contributed by atoms with E-state index in [0.717, 1.165) is 30.4 Å². The SMILES string of the molecule is C=C1C[C@@H]2[C@@H](CC[C@]3(C)CCC[C@@H]23)[C@]2(C)C1=CC(=O)C(C(=O)OC)C2O. The van der Waals surface area contributed by atoms with Crippen LogP contribution in [0.2, 0.25) is 0 Å². The van der Waals surface area contributed by atoms with E-state index in [1.54, 1.807) is 6.08 Å². The van der Waals surface area contributed by atoms with Crippen LogP contribution in [0.15, 0.2) is 23.8 Å². The maximum absolute atomic E-state index is 12.6. The highest BCUT2D eigenvalue weighted by Gasteiger charge is 2.62. The van der Waals surface area contributed by atoms with Gasteiger partial charge in [-0.3, -0.25) is 9.59 Å². The van der Waals surface area contributed by atoms with E-state index in [1.807, 2.05) is 6.92 Å². The van der Waals surface area contributed by atoms with Crippen molar-refractivity contribution >= 4 is 11.8 Å². The van der Waals surface area contributed by atoms with Gasteiger partial charge in [0.05, 0.1) is 13.2 Å². The molecule has 0 bridgehead atoms. The molecule has 0 aromatic rings. The number of carbonyl (C=O) groups excluding carboxylic acids is 2. The van der Waals surface area contributed by atoms with E-state index < -0.39 is 23.4 Å². The Morgan fingerprint density at radius 3 is 2.69 bits per heavy atom. The number of aliphatic hydroxyl groups is 1. The Morgan fingerprint density at radius 1 is 1.27 bits per heavy atom. The summed E-state index contributed by atoms with van der Waals surface area (Å²) in [4.78, 5) is 24.8. The number of esters is 1. The summed E-state index contributed by atoms with van der Waals surface area (Å²) in [6.45, 7) is 8.76. The molecule has 3 saturated carbocycles. The molecule has 0 saturated heterocycles. The number of ketones is 1. The van der Waals surface area contributed by atoms with Gasteiger partial charge in [-0.25, -0.2) is 0 Å². The smallest absolute Gasteiger partial charge is 0.319 e. The molecule has 2 unspecified atom stereocenters. The van der Waals surface area contributed by atoms with Gasteiger partial charge >= 0.3 is 5.97 Å². The highest BCUT2D eigenvalue weighted by atomic mass is 16.5. The van der Waals surface area contributed by atoms with Gasteiger partial charge in [-0.15, -0.1) is 0 Å². The monoisotopic (exact) mass is 358 g/mol. The summed E-state index contributed by atoms with van der Waals surface area (Å²) in [5.41, 5.74) is 1.64. The Morgan fingerprint density at radius 2 is 2.00 bits per heavy atom. The minimum Gasteiger partial charge on any atom is -0.468 e. The highest BCUT2D eigenvalue weighted by Crippen LogP contribution is 2.66. The number of aliphatic hydroxyl groups excluding tert-OH is 1. The summed E-state index contributed by atoms with van der Waals surface area (Å²) in [5.74, 6) is -0.682. The average Bonchev–Trinajstić information content (AvgIpc) is 2.99. The molecule has 0 spiro atoms. The Kier molecular flexibility index (Phi) is 4.00. The minimum absolute atomic E-state index is 0.283. The first kappa shape index (κ1) is 18.0. The lowest BCUT2D eigenvalue weighted by atomic mass is 9.45. The third kappa shape index (κ3) is 2.17. The van der Waals surface area contributed by atoms with Gasteiger partial charge in [-0.05, 0) is 66.9 Å². The summed E-state index contributed by atoms with van der Waals surface area (Å²) in [6.07, 6.45) is 7.47. The van der Waals surface area contributed by atoms with Gasteiger partial charge in [0.2, 0.25) is 0 Å². The van der Waals surface area contributed by atoms with E-state index >= 15 is 0 Å². The van der Waals surface area contributed by atoms with Gasteiger partial charge in [-0.2, -0.15) is 0 Å². The zero-order valence-electron chi connectivity index (χ0n) is 16.1. The maximum Gasteiger partial charge on any atom is 0.319 e. The molecule has 0 aromatic heterocycles. The van der Waals surface area contributed by atoms with E-state index in [9.17, 15) is 14.7 Å². The van der Waals surface area contributed by atoms with E-state index in [2.05, 4.69) is 13.5 Å². The largest absolute Gasteiger partial charge is 0.468 e. The fourth-order valence-corrected chi connectivity index (χ4v) is 7.03. The molecule has 4 rings (SSSR count). The fourth-order valence-electron chi connectivity index (χ4n) is 7.03. The van der Waals surface area contributed by atoms with Crippen LogP contribution in [-0.4, -0.2) is 30.1 Å². The standard InChI is InChI=1S/C22H30O4/c1-12-10-13-14-6-5-8-21(14,2)9-7-15(13)22(3)16(12)11-17(23)18(19(22)24)20(25)26-4/h11,13-15,18-19,24H,1,5-10H2,2-4H3/t13-,14-,15+,18?,19?,21-,22+/m0/s1. The molecule has 4 aliphatic rings. The van der Waals surface area contributed by atoms with Crippen molar-refractivity contribution < 1.29 is 19.4 Å². The van der Waals surface area contributed by atoms with E-state index in [-0.39, 0.29) is 11.7 Å². The average molecular weight is 358 g/mol. The maximum atomic E-state index is 12.6. The zero-order valence-corrected chi connectivity index (χ0v) is 16.1. The quantitative estimate of drug-likeness (QED) is 0.576. The molecule has 4 heteroatoms. The van der Waals surface area contributed by atoms with Gasteiger partial charge in [0.1, 0.15) is 5.92 Å². The Labute approximate surface area is 155 Å². The number of allylic oxidation sites excluding steroid dienone is 1. The predicted molar refractivity (Wildman–Crippen MR) is 98.1 cm³/mol. The molecule has 0 radical (unpaired) electrons. The Bertz CT molecular complexity index is 707. The summed E-state index contributed by atoms with van der Waals surface area (Å²) < 4.78 is 4.83. The van der Waals surface area contributed by atoms with Crippen molar-refractivity contribution in [2.75, 3.05) is 7.11 Å². The van der Waals surface area contributed by atoms with Crippen molar-refractivity contribution in [1.29, 1.82) is 0 Å². The van der Waals surface area contributed by atoms with Crippen molar-refractivity contribution in [3.05, 3.63) is 23.8 Å². The summed E-state index contributed by atoms with van der Waals surface area (Å²) in [7, 11) is 1.27. The van der Waals surface area contributed by atoms with Gasteiger partial charge in [0.25, 0.3) is 0 Å². The van der Waals surface area contributed by atoms with E-state index in [0.29, 0.717) is 17.3 Å². The first-order valence-electron chi connectivity index (χ1n) is 9.94. The van der Waals surface area contributed by atoms with Gasteiger partial charge < -0.3 is 9.84 Å². The molecule has 26 heavy (non-hydrogen) atoms.